The molecule has 0 radical (unpaired) electrons. The molecule has 0 saturated carbocycles. The van der Waals surface area contributed by atoms with E-state index in [1.165, 1.54) is 11.5 Å². The van der Waals surface area contributed by atoms with Crippen LogP contribution in [0.4, 0.5) is 0 Å². The Morgan fingerprint density at radius 2 is 2.20 bits per heavy atom. The molecule has 112 valence electrons. The molecule has 2 aliphatic heterocycles. The van der Waals surface area contributed by atoms with Gasteiger partial charge in [-0.1, -0.05) is 6.92 Å². The summed E-state index contributed by atoms with van der Waals surface area (Å²) in [5.74, 6) is 4.32. The summed E-state index contributed by atoms with van der Waals surface area (Å²) in [7, 11) is 0. The first-order valence-electron chi connectivity index (χ1n) is 7.71. The van der Waals surface area contributed by atoms with Crippen LogP contribution < -0.4 is 0 Å². The van der Waals surface area contributed by atoms with Crippen molar-refractivity contribution < 1.29 is 14.3 Å². The van der Waals surface area contributed by atoms with Gasteiger partial charge >= 0.3 is 0 Å². The predicted molar refractivity (Wildman–Crippen MR) is 81.0 cm³/mol. The molecule has 2 unspecified atom stereocenters. The number of furan rings is 1. The lowest BCUT2D eigenvalue weighted by Crippen LogP contribution is -2.44. The van der Waals surface area contributed by atoms with Gasteiger partial charge in [0.15, 0.2) is 0 Å². The molecular formula is C16H24O3S. The highest BCUT2D eigenvalue weighted by Gasteiger charge is 2.41. The van der Waals surface area contributed by atoms with Crippen LogP contribution in [0.25, 0.3) is 0 Å². The Hall–Kier alpha value is -0.450. The Kier molecular flexibility index (Phi) is 4.43. The Bertz CT molecular complexity index is 431. The molecule has 4 heteroatoms. The lowest BCUT2D eigenvalue weighted by molar-refractivity contribution is -0.123. The predicted octanol–water partition coefficient (Wildman–Crippen LogP) is 3.57. The van der Waals surface area contributed by atoms with E-state index >= 15 is 0 Å². The summed E-state index contributed by atoms with van der Waals surface area (Å²) in [5.41, 5.74) is 0.0231. The molecule has 3 heterocycles. The smallest absolute Gasteiger partial charge is 0.132 e. The zero-order valence-corrected chi connectivity index (χ0v) is 13.0. The molecule has 1 aromatic rings. The van der Waals surface area contributed by atoms with E-state index in [2.05, 4.69) is 6.92 Å². The number of ether oxygens (including phenoxy) is 1. The highest BCUT2D eigenvalue weighted by molar-refractivity contribution is 7.99. The van der Waals surface area contributed by atoms with E-state index in [1.54, 1.807) is 0 Å². The number of hydrogen-bond donors (Lipinski definition) is 1. The third kappa shape index (κ3) is 2.92. The maximum atomic E-state index is 10.6. The number of hydrogen-bond acceptors (Lipinski definition) is 4. The van der Waals surface area contributed by atoms with Gasteiger partial charge in [0.2, 0.25) is 0 Å². The molecule has 1 aromatic heterocycles. The van der Waals surface area contributed by atoms with Gasteiger partial charge in [-0.05, 0) is 55.2 Å². The minimum absolute atomic E-state index is 0.0231. The molecule has 2 saturated heterocycles. The van der Waals surface area contributed by atoms with Crippen LogP contribution in [0.2, 0.25) is 0 Å². The van der Waals surface area contributed by atoms with Crippen LogP contribution in [-0.2, 0) is 11.2 Å². The average molecular weight is 296 g/mol. The quantitative estimate of drug-likeness (QED) is 0.926. The van der Waals surface area contributed by atoms with Gasteiger partial charge in [0.1, 0.15) is 17.6 Å². The monoisotopic (exact) mass is 296 g/mol. The zero-order valence-electron chi connectivity index (χ0n) is 12.1. The molecule has 2 aliphatic rings. The highest BCUT2D eigenvalue weighted by Crippen LogP contribution is 2.43. The van der Waals surface area contributed by atoms with Crippen molar-refractivity contribution in [2.75, 3.05) is 18.1 Å². The van der Waals surface area contributed by atoms with Crippen LogP contribution in [0.15, 0.2) is 16.5 Å². The molecule has 0 amide bonds. The molecule has 3 nitrogen and oxygen atoms in total. The van der Waals surface area contributed by atoms with Gasteiger partial charge in [0.25, 0.3) is 0 Å². The molecule has 0 bridgehead atoms. The van der Waals surface area contributed by atoms with E-state index in [4.69, 9.17) is 9.15 Å². The number of thioether (sulfide) groups is 1. The number of aryl methyl sites for hydroxylation is 1. The third-order valence-electron chi connectivity index (χ3n) is 4.70. The Morgan fingerprint density at radius 1 is 1.40 bits per heavy atom. The second-order valence-corrected chi connectivity index (χ2v) is 7.22. The lowest BCUT2D eigenvalue weighted by atomic mass is 9.79. The van der Waals surface area contributed by atoms with Crippen LogP contribution in [-0.4, -0.2) is 28.8 Å². The average Bonchev–Trinajstić information content (AvgIpc) is 2.96. The number of aliphatic hydroxyl groups excluding tert-OH is 1. The summed E-state index contributed by atoms with van der Waals surface area (Å²) < 4.78 is 11.8. The van der Waals surface area contributed by atoms with E-state index in [1.807, 2.05) is 23.9 Å². The van der Waals surface area contributed by atoms with Crippen molar-refractivity contribution in [1.82, 2.24) is 0 Å². The van der Waals surface area contributed by atoms with Gasteiger partial charge in [-0.15, -0.1) is 0 Å². The summed E-state index contributed by atoms with van der Waals surface area (Å²) in [5, 5.41) is 10.6. The molecule has 20 heavy (non-hydrogen) atoms. The van der Waals surface area contributed by atoms with Crippen molar-refractivity contribution in [3.05, 3.63) is 23.7 Å². The normalized spacial score (nSPS) is 27.6. The Labute approximate surface area is 125 Å². The minimum atomic E-state index is -0.481. The fourth-order valence-corrected chi connectivity index (χ4v) is 4.64. The van der Waals surface area contributed by atoms with Gasteiger partial charge in [0.05, 0.1) is 5.60 Å². The maximum absolute atomic E-state index is 10.6. The highest BCUT2D eigenvalue weighted by atomic mass is 32.2. The summed E-state index contributed by atoms with van der Waals surface area (Å²) in [6.45, 7) is 2.84. The first kappa shape index (κ1) is 14.5. The molecule has 1 spiro atoms. The summed E-state index contributed by atoms with van der Waals surface area (Å²) in [4.78, 5) is 0. The topological polar surface area (TPSA) is 42.6 Å². The van der Waals surface area contributed by atoms with Gasteiger partial charge in [-0.25, -0.2) is 0 Å². The first-order valence-corrected chi connectivity index (χ1v) is 8.86. The van der Waals surface area contributed by atoms with Crippen molar-refractivity contribution in [2.24, 2.45) is 5.92 Å². The van der Waals surface area contributed by atoms with E-state index in [0.29, 0.717) is 0 Å². The van der Waals surface area contributed by atoms with Crippen LogP contribution in [0.5, 0.6) is 0 Å². The van der Waals surface area contributed by atoms with Gasteiger partial charge in [0, 0.05) is 13.0 Å². The maximum Gasteiger partial charge on any atom is 0.132 e. The van der Waals surface area contributed by atoms with E-state index < -0.39 is 6.10 Å². The van der Waals surface area contributed by atoms with E-state index in [0.717, 1.165) is 50.2 Å². The van der Waals surface area contributed by atoms with E-state index in [9.17, 15) is 5.11 Å². The zero-order chi connectivity index (χ0) is 14.0. The largest absolute Gasteiger partial charge is 0.463 e. The molecule has 2 fully saturated rings. The van der Waals surface area contributed by atoms with Crippen LogP contribution in [0.1, 0.15) is 50.2 Å². The van der Waals surface area contributed by atoms with Crippen LogP contribution in [0.3, 0.4) is 0 Å². The Morgan fingerprint density at radius 3 is 2.90 bits per heavy atom. The molecular weight excluding hydrogens is 272 g/mol. The minimum Gasteiger partial charge on any atom is -0.463 e. The van der Waals surface area contributed by atoms with Crippen molar-refractivity contribution >= 4 is 11.8 Å². The van der Waals surface area contributed by atoms with Crippen molar-refractivity contribution in [3.8, 4) is 0 Å². The first-order chi connectivity index (χ1) is 9.72. The fourth-order valence-electron chi connectivity index (χ4n) is 3.40. The van der Waals surface area contributed by atoms with Crippen molar-refractivity contribution in [3.63, 3.8) is 0 Å². The van der Waals surface area contributed by atoms with Gasteiger partial charge in [-0.2, -0.15) is 11.8 Å². The summed E-state index contributed by atoms with van der Waals surface area (Å²) in [6, 6.07) is 3.91. The molecule has 2 atom stereocenters. The van der Waals surface area contributed by atoms with Crippen molar-refractivity contribution in [1.29, 1.82) is 0 Å². The summed E-state index contributed by atoms with van der Waals surface area (Å²) in [6.07, 6.45) is 4.54. The SMILES string of the molecule is CCc1ccc(C(O)C2CCOC3(CCSCC3)C2)o1. The number of rotatable bonds is 3. The van der Waals surface area contributed by atoms with Crippen molar-refractivity contribution in [2.45, 2.75) is 50.7 Å². The molecule has 0 aromatic carbocycles. The van der Waals surface area contributed by atoms with Gasteiger partial charge < -0.3 is 14.3 Å². The Balaban J connectivity index is 1.69. The third-order valence-corrected chi connectivity index (χ3v) is 5.69. The molecule has 3 rings (SSSR count). The second kappa shape index (κ2) is 6.12. The second-order valence-electron chi connectivity index (χ2n) is 6.00. The lowest BCUT2D eigenvalue weighted by Gasteiger charge is -2.44. The van der Waals surface area contributed by atoms with Gasteiger partial charge in [-0.3, -0.25) is 0 Å². The van der Waals surface area contributed by atoms with Crippen LogP contribution >= 0.6 is 11.8 Å². The standard InChI is InChI=1S/C16H24O3S/c1-2-13-3-4-14(19-13)15(17)12-5-8-18-16(11-12)6-9-20-10-7-16/h3-4,12,15,17H,2,5-11H2,1H3. The summed E-state index contributed by atoms with van der Waals surface area (Å²) >= 11 is 2.01. The van der Waals surface area contributed by atoms with Crippen LogP contribution in [0, 0.1) is 5.92 Å². The molecule has 0 aliphatic carbocycles. The number of aliphatic hydroxyl groups is 1. The molecule has 1 N–H and O–H groups in total. The van der Waals surface area contributed by atoms with E-state index in [-0.39, 0.29) is 11.5 Å². The fraction of sp³-hybridized carbons (Fsp3) is 0.750.